The van der Waals surface area contributed by atoms with Crippen LogP contribution in [0.15, 0.2) is 42.5 Å². The van der Waals surface area contributed by atoms with E-state index >= 15 is 0 Å². The van der Waals surface area contributed by atoms with Crippen LogP contribution < -0.4 is 4.74 Å². The van der Waals surface area contributed by atoms with Crippen LogP contribution in [0.2, 0.25) is 0 Å². The molecule has 0 fully saturated rings. The van der Waals surface area contributed by atoms with Crippen molar-refractivity contribution in [2.24, 2.45) is 0 Å². The van der Waals surface area contributed by atoms with Crippen LogP contribution in [0.25, 0.3) is 0 Å². The average Bonchev–Trinajstić information content (AvgIpc) is 2.47. The molecular formula is C14H12N2O5. The Balaban J connectivity index is 2.38. The number of hydrogen-bond acceptors (Lipinski definition) is 5. The molecule has 21 heavy (non-hydrogen) atoms. The highest BCUT2D eigenvalue weighted by Crippen LogP contribution is 2.34. The molecule has 0 spiro atoms. The summed E-state index contributed by atoms with van der Waals surface area (Å²) < 4.78 is 5.48. The van der Waals surface area contributed by atoms with Crippen LogP contribution in [0.1, 0.15) is 12.5 Å². The standard InChI is InChI=1S/C14H12N2O5/c1-2-10-4-3-5-12(8-10)21-14-7-6-11(15(17)18)9-13(14)16(19)20/h3-9H,2H2,1H3. The molecule has 2 rings (SSSR count). The van der Waals surface area contributed by atoms with E-state index in [0.717, 1.165) is 18.1 Å². The Bertz CT molecular complexity index is 700. The van der Waals surface area contributed by atoms with Crippen molar-refractivity contribution in [2.75, 3.05) is 0 Å². The van der Waals surface area contributed by atoms with Crippen molar-refractivity contribution >= 4 is 11.4 Å². The summed E-state index contributed by atoms with van der Waals surface area (Å²) in [5.74, 6) is 0.421. The molecule has 2 aromatic rings. The lowest BCUT2D eigenvalue weighted by Gasteiger charge is -2.07. The van der Waals surface area contributed by atoms with Crippen molar-refractivity contribution in [1.29, 1.82) is 0 Å². The lowest BCUT2D eigenvalue weighted by atomic mass is 10.2. The molecule has 0 aromatic heterocycles. The van der Waals surface area contributed by atoms with Gasteiger partial charge in [0.05, 0.1) is 15.9 Å². The molecule has 7 nitrogen and oxygen atoms in total. The van der Waals surface area contributed by atoms with Gasteiger partial charge < -0.3 is 4.74 Å². The molecule has 0 N–H and O–H groups in total. The van der Waals surface area contributed by atoms with Gasteiger partial charge >= 0.3 is 5.69 Å². The number of benzene rings is 2. The fourth-order valence-corrected chi connectivity index (χ4v) is 1.80. The van der Waals surface area contributed by atoms with Crippen molar-refractivity contribution < 1.29 is 14.6 Å². The number of nitro benzene ring substituents is 2. The summed E-state index contributed by atoms with van der Waals surface area (Å²) in [5, 5.41) is 21.7. The van der Waals surface area contributed by atoms with Gasteiger partial charge in [-0.25, -0.2) is 0 Å². The van der Waals surface area contributed by atoms with E-state index in [9.17, 15) is 20.2 Å². The topological polar surface area (TPSA) is 95.5 Å². The molecule has 7 heteroatoms. The van der Waals surface area contributed by atoms with Gasteiger partial charge in [0.2, 0.25) is 5.75 Å². The van der Waals surface area contributed by atoms with Crippen molar-refractivity contribution in [3.63, 3.8) is 0 Å². The lowest BCUT2D eigenvalue weighted by molar-refractivity contribution is -0.394. The van der Waals surface area contributed by atoms with E-state index in [1.165, 1.54) is 12.1 Å². The van der Waals surface area contributed by atoms with E-state index in [0.29, 0.717) is 5.75 Å². The second kappa shape index (κ2) is 6.00. The number of nitrogens with zero attached hydrogens (tertiary/aromatic N) is 2. The third-order valence-electron chi connectivity index (χ3n) is 2.88. The predicted octanol–water partition coefficient (Wildman–Crippen LogP) is 3.86. The SMILES string of the molecule is CCc1cccc(Oc2ccc([N+](=O)[O-])cc2[N+](=O)[O-])c1. The Kier molecular flexibility index (Phi) is 4.13. The van der Waals surface area contributed by atoms with Crippen molar-refractivity contribution in [1.82, 2.24) is 0 Å². The summed E-state index contributed by atoms with van der Waals surface area (Å²) in [5.41, 5.74) is 0.236. The summed E-state index contributed by atoms with van der Waals surface area (Å²) in [6, 6.07) is 10.4. The minimum absolute atomic E-state index is 0.0288. The van der Waals surface area contributed by atoms with Gasteiger partial charge in [-0.2, -0.15) is 0 Å². The molecule has 0 unspecified atom stereocenters. The highest BCUT2D eigenvalue weighted by Gasteiger charge is 2.21. The molecule has 0 heterocycles. The molecule has 108 valence electrons. The third-order valence-corrected chi connectivity index (χ3v) is 2.88. The van der Waals surface area contributed by atoms with Gasteiger partial charge in [-0.05, 0) is 30.2 Å². The van der Waals surface area contributed by atoms with Crippen LogP contribution >= 0.6 is 0 Å². The van der Waals surface area contributed by atoms with E-state index in [2.05, 4.69) is 0 Å². The van der Waals surface area contributed by atoms with E-state index in [1.807, 2.05) is 13.0 Å². The molecule has 0 radical (unpaired) electrons. The molecule has 0 aliphatic heterocycles. The van der Waals surface area contributed by atoms with Gasteiger partial charge in [-0.3, -0.25) is 20.2 Å². The first-order valence-corrected chi connectivity index (χ1v) is 6.21. The first-order chi connectivity index (χ1) is 10.0. The molecule has 0 aliphatic carbocycles. The molecule has 0 bridgehead atoms. The molecule has 0 saturated carbocycles. The fourth-order valence-electron chi connectivity index (χ4n) is 1.80. The average molecular weight is 288 g/mol. The fraction of sp³-hybridized carbons (Fsp3) is 0.143. The highest BCUT2D eigenvalue weighted by atomic mass is 16.6. The van der Waals surface area contributed by atoms with Crippen molar-refractivity contribution in [3.8, 4) is 11.5 Å². The van der Waals surface area contributed by atoms with Crippen LogP contribution in [0, 0.1) is 20.2 Å². The maximum Gasteiger partial charge on any atom is 0.318 e. The Morgan fingerprint density at radius 1 is 1.05 bits per heavy atom. The molecule has 0 amide bonds. The number of nitro groups is 2. The number of non-ortho nitro benzene ring substituents is 1. The summed E-state index contributed by atoms with van der Waals surface area (Å²) in [6.45, 7) is 1.98. The van der Waals surface area contributed by atoms with Gasteiger partial charge in [0.25, 0.3) is 5.69 Å². The summed E-state index contributed by atoms with van der Waals surface area (Å²) in [4.78, 5) is 20.3. The number of hydrogen-bond donors (Lipinski definition) is 0. The largest absolute Gasteiger partial charge is 0.450 e. The van der Waals surface area contributed by atoms with E-state index in [4.69, 9.17) is 4.74 Å². The van der Waals surface area contributed by atoms with E-state index in [1.54, 1.807) is 18.2 Å². The number of rotatable bonds is 5. The molecule has 0 atom stereocenters. The third kappa shape index (κ3) is 3.33. The molecular weight excluding hydrogens is 276 g/mol. The number of aryl methyl sites for hydroxylation is 1. The second-order valence-electron chi connectivity index (χ2n) is 4.27. The second-order valence-corrected chi connectivity index (χ2v) is 4.27. The zero-order chi connectivity index (χ0) is 15.4. The first kappa shape index (κ1) is 14.4. The minimum atomic E-state index is -0.702. The Morgan fingerprint density at radius 3 is 2.43 bits per heavy atom. The Morgan fingerprint density at radius 2 is 1.81 bits per heavy atom. The first-order valence-electron chi connectivity index (χ1n) is 6.21. The van der Waals surface area contributed by atoms with Crippen LogP contribution in [-0.4, -0.2) is 9.85 Å². The van der Waals surface area contributed by atoms with Gasteiger partial charge in [-0.1, -0.05) is 19.1 Å². The monoisotopic (exact) mass is 288 g/mol. The zero-order valence-electron chi connectivity index (χ0n) is 11.2. The normalized spacial score (nSPS) is 10.1. The number of ether oxygens (including phenoxy) is 1. The molecule has 2 aromatic carbocycles. The van der Waals surface area contributed by atoms with Crippen molar-refractivity contribution in [3.05, 3.63) is 68.3 Å². The quantitative estimate of drug-likeness (QED) is 0.614. The van der Waals surface area contributed by atoms with Gasteiger partial charge in [0.15, 0.2) is 0 Å². The summed E-state index contributed by atoms with van der Waals surface area (Å²) in [7, 11) is 0. The van der Waals surface area contributed by atoms with E-state index < -0.39 is 15.5 Å². The maximum absolute atomic E-state index is 11.0. The maximum atomic E-state index is 11.0. The zero-order valence-corrected chi connectivity index (χ0v) is 11.2. The molecule has 0 aliphatic rings. The molecule has 0 saturated heterocycles. The highest BCUT2D eigenvalue weighted by molar-refractivity contribution is 5.54. The van der Waals surface area contributed by atoms with Crippen LogP contribution in [0.5, 0.6) is 11.5 Å². The van der Waals surface area contributed by atoms with Crippen molar-refractivity contribution in [2.45, 2.75) is 13.3 Å². The van der Waals surface area contributed by atoms with Gasteiger partial charge in [-0.15, -0.1) is 0 Å². The van der Waals surface area contributed by atoms with Gasteiger partial charge in [0, 0.05) is 6.07 Å². The predicted molar refractivity (Wildman–Crippen MR) is 75.6 cm³/mol. The minimum Gasteiger partial charge on any atom is -0.450 e. The van der Waals surface area contributed by atoms with Crippen LogP contribution in [-0.2, 0) is 6.42 Å². The van der Waals surface area contributed by atoms with E-state index in [-0.39, 0.29) is 11.4 Å². The van der Waals surface area contributed by atoms with Crippen LogP contribution in [0.3, 0.4) is 0 Å². The Labute approximate surface area is 120 Å². The summed E-state index contributed by atoms with van der Waals surface area (Å²) in [6.07, 6.45) is 0.805. The summed E-state index contributed by atoms with van der Waals surface area (Å²) >= 11 is 0. The van der Waals surface area contributed by atoms with Gasteiger partial charge in [0.1, 0.15) is 5.75 Å². The smallest absolute Gasteiger partial charge is 0.318 e. The lowest BCUT2D eigenvalue weighted by Crippen LogP contribution is -1.96. The Hall–Kier alpha value is -2.96. The van der Waals surface area contributed by atoms with Crippen LogP contribution in [0.4, 0.5) is 11.4 Å².